The Morgan fingerprint density at radius 3 is 2.30 bits per heavy atom. The number of hydrogen-bond donors (Lipinski definition) is 1. The summed E-state index contributed by atoms with van der Waals surface area (Å²) in [6.45, 7) is 7.07. The van der Waals surface area contributed by atoms with Crippen molar-refractivity contribution < 1.29 is 19.1 Å². The van der Waals surface area contributed by atoms with Gasteiger partial charge in [0.05, 0.1) is 24.3 Å². The molecule has 0 radical (unpaired) electrons. The van der Waals surface area contributed by atoms with E-state index in [4.69, 9.17) is 21.1 Å². The summed E-state index contributed by atoms with van der Waals surface area (Å²) in [5.74, 6) is 1.78. The summed E-state index contributed by atoms with van der Waals surface area (Å²) in [7, 11) is 3.33. The van der Waals surface area contributed by atoms with Gasteiger partial charge in [0.2, 0.25) is 0 Å². The molecule has 37 heavy (non-hydrogen) atoms. The quantitative estimate of drug-likeness (QED) is 0.520. The summed E-state index contributed by atoms with van der Waals surface area (Å²) in [6, 6.07) is 11.9. The van der Waals surface area contributed by atoms with Gasteiger partial charge in [-0.05, 0) is 98.5 Å². The van der Waals surface area contributed by atoms with Crippen LogP contribution in [0.3, 0.4) is 0 Å². The summed E-state index contributed by atoms with van der Waals surface area (Å²) < 4.78 is 10.9. The molecule has 2 aliphatic heterocycles. The molecule has 0 spiro atoms. The Morgan fingerprint density at radius 2 is 1.68 bits per heavy atom. The Hall–Kier alpha value is -2.77. The lowest BCUT2D eigenvalue weighted by atomic mass is 9.86. The van der Waals surface area contributed by atoms with Crippen molar-refractivity contribution in [3.8, 4) is 16.9 Å². The first-order valence-corrected chi connectivity index (χ1v) is 13.6. The van der Waals surface area contributed by atoms with Crippen LogP contribution in [0.4, 0.5) is 4.79 Å². The van der Waals surface area contributed by atoms with Crippen LogP contribution in [-0.2, 0) is 4.74 Å². The molecule has 200 valence electrons. The van der Waals surface area contributed by atoms with E-state index in [-0.39, 0.29) is 12.0 Å². The molecule has 1 N–H and O–H groups in total. The number of ether oxygens (including phenoxy) is 2. The van der Waals surface area contributed by atoms with Crippen molar-refractivity contribution in [1.82, 2.24) is 15.1 Å². The van der Waals surface area contributed by atoms with E-state index < -0.39 is 0 Å². The number of nitrogens with zero attached hydrogens (tertiary/aromatic N) is 2. The van der Waals surface area contributed by atoms with E-state index in [9.17, 15) is 9.59 Å². The van der Waals surface area contributed by atoms with Gasteiger partial charge >= 0.3 is 6.09 Å². The van der Waals surface area contributed by atoms with Crippen LogP contribution in [0.2, 0.25) is 5.02 Å². The molecule has 0 bridgehead atoms. The Bertz CT molecular complexity index is 1090. The van der Waals surface area contributed by atoms with Crippen LogP contribution in [0.5, 0.6) is 5.75 Å². The molecule has 0 aromatic heterocycles. The number of rotatable bonds is 7. The minimum atomic E-state index is -0.191. The number of halogens is 1. The molecule has 2 fully saturated rings. The van der Waals surface area contributed by atoms with E-state index in [0.717, 1.165) is 75.3 Å². The maximum atomic E-state index is 12.0. The Morgan fingerprint density at radius 1 is 1.00 bits per heavy atom. The van der Waals surface area contributed by atoms with Crippen molar-refractivity contribution in [3.05, 3.63) is 52.5 Å². The number of carbonyl (C=O) groups is 2. The van der Waals surface area contributed by atoms with Crippen LogP contribution < -0.4 is 10.1 Å². The lowest BCUT2D eigenvalue weighted by molar-refractivity contribution is 0.0830. The highest BCUT2D eigenvalue weighted by atomic mass is 35.5. The number of carbonyl (C=O) groups excluding carboxylic acids is 2. The summed E-state index contributed by atoms with van der Waals surface area (Å²) in [5, 5.41) is 3.06. The molecule has 0 unspecified atom stereocenters. The lowest BCUT2D eigenvalue weighted by Gasteiger charge is -2.37. The Labute approximate surface area is 225 Å². The number of methoxy groups -OCH3 is 1. The highest BCUT2D eigenvalue weighted by Crippen LogP contribution is 2.38. The summed E-state index contributed by atoms with van der Waals surface area (Å²) in [4.78, 5) is 28.4. The number of likely N-dealkylation sites (tertiary alicyclic amines) is 2. The molecule has 8 heteroatoms. The molecule has 0 atom stereocenters. The summed E-state index contributed by atoms with van der Waals surface area (Å²) in [6.07, 6.45) is 4.06. The first kappa shape index (κ1) is 27.3. The van der Waals surface area contributed by atoms with E-state index in [1.807, 2.05) is 36.1 Å². The second-order valence-corrected chi connectivity index (χ2v) is 10.3. The summed E-state index contributed by atoms with van der Waals surface area (Å²) in [5.41, 5.74) is 3.75. The molecule has 2 amide bonds. The molecule has 4 rings (SSSR count). The highest BCUT2D eigenvalue weighted by Gasteiger charge is 2.28. The maximum absolute atomic E-state index is 12.0. The third-order valence-electron chi connectivity index (χ3n) is 7.69. The van der Waals surface area contributed by atoms with Gasteiger partial charge in [-0.25, -0.2) is 4.79 Å². The number of piperidine rings is 2. The van der Waals surface area contributed by atoms with Gasteiger partial charge in [0, 0.05) is 26.7 Å². The highest BCUT2D eigenvalue weighted by molar-refractivity contribution is 6.34. The van der Waals surface area contributed by atoms with Gasteiger partial charge in [-0.3, -0.25) is 4.79 Å². The van der Waals surface area contributed by atoms with Gasteiger partial charge in [0.25, 0.3) is 5.91 Å². The van der Waals surface area contributed by atoms with Gasteiger partial charge in [-0.15, -0.1) is 0 Å². The van der Waals surface area contributed by atoms with Crippen LogP contribution in [0.25, 0.3) is 11.1 Å². The van der Waals surface area contributed by atoms with E-state index >= 15 is 0 Å². The first-order chi connectivity index (χ1) is 17.9. The summed E-state index contributed by atoms with van der Waals surface area (Å²) >= 11 is 6.42. The zero-order valence-corrected chi connectivity index (χ0v) is 22.9. The van der Waals surface area contributed by atoms with Gasteiger partial charge in [0.1, 0.15) is 5.75 Å². The fourth-order valence-electron chi connectivity index (χ4n) is 5.55. The zero-order valence-electron chi connectivity index (χ0n) is 22.1. The Balaban J connectivity index is 1.37. The average Bonchev–Trinajstić information content (AvgIpc) is 2.93. The SMILES string of the molecule is CCOC(=O)N1CCC(CN2CCC(c3cc(-c4ccc(C(=O)NC)c(Cl)c4)ccc3OC)CC2)CC1. The molecule has 2 heterocycles. The first-order valence-electron chi connectivity index (χ1n) is 13.3. The fraction of sp³-hybridized carbons (Fsp3) is 0.517. The predicted molar refractivity (Wildman–Crippen MR) is 147 cm³/mol. The van der Waals surface area contributed by atoms with E-state index in [2.05, 4.69) is 16.3 Å². The van der Waals surface area contributed by atoms with Crippen molar-refractivity contribution in [3.63, 3.8) is 0 Å². The number of nitrogens with one attached hydrogen (secondary N) is 1. The van der Waals surface area contributed by atoms with E-state index in [1.54, 1.807) is 20.2 Å². The molecule has 2 aliphatic rings. The third kappa shape index (κ3) is 6.57. The van der Waals surface area contributed by atoms with Crippen molar-refractivity contribution in [1.29, 1.82) is 0 Å². The second-order valence-electron chi connectivity index (χ2n) is 9.93. The smallest absolute Gasteiger partial charge is 0.409 e. The number of benzene rings is 2. The minimum absolute atomic E-state index is 0.178. The number of hydrogen-bond acceptors (Lipinski definition) is 5. The average molecular weight is 528 g/mol. The van der Waals surface area contributed by atoms with Crippen LogP contribution in [0, 0.1) is 5.92 Å². The van der Waals surface area contributed by atoms with Gasteiger partial charge < -0.3 is 24.6 Å². The molecular formula is C29H38ClN3O4. The lowest BCUT2D eigenvalue weighted by Crippen LogP contribution is -2.43. The van der Waals surface area contributed by atoms with Crippen LogP contribution in [0.1, 0.15) is 54.4 Å². The van der Waals surface area contributed by atoms with E-state index in [0.29, 0.717) is 29.0 Å². The molecular weight excluding hydrogens is 490 g/mol. The second kappa shape index (κ2) is 12.7. The largest absolute Gasteiger partial charge is 0.496 e. The van der Waals surface area contributed by atoms with Crippen molar-refractivity contribution in [2.75, 3.05) is 53.5 Å². The van der Waals surface area contributed by atoms with Gasteiger partial charge in [-0.1, -0.05) is 23.7 Å². The van der Waals surface area contributed by atoms with Crippen LogP contribution >= 0.6 is 11.6 Å². The third-order valence-corrected chi connectivity index (χ3v) is 8.00. The van der Waals surface area contributed by atoms with Gasteiger partial charge in [0.15, 0.2) is 0 Å². The molecule has 2 saturated heterocycles. The minimum Gasteiger partial charge on any atom is -0.496 e. The van der Waals surface area contributed by atoms with Crippen molar-refractivity contribution in [2.45, 2.75) is 38.5 Å². The topological polar surface area (TPSA) is 71.1 Å². The zero-order chi connectivity index (χ0) is 26.4. The molecule has 0 aliphatic carbocycles. The molecule has 0 saturated carbocycles. The molecule has 2 aromatic rings. The molecule has 2 aromatic carbocycles. The predicted octanol–water partition coefficient (Wildman–Crippen LogP) is 5.42. The van der Waals surface area contributed by atoms with Crippen molar-refractivity contribution >= 4 is 23.6 Å². The molecule has 7 nitrogen and oxygen atoms in total. The van der Waals surface area contributed by atoms with E-state index in [1.165, 1.54) is 5.56 Å². The normalized spacial score (nSPS) is 17.5. The van der Waals surface area contributed by atoms with Gasteiger partial charge in [-0.2, -0.15) is 0 Å². The van der Waals surface area contributed by atoms with Crippen LogP contribution in [-0.4, -0.2) is 75.3 Å². The van der Waals surface area contributed by atoms with Crippen LogP contribution in [0.15, 0.2) is 36.4 Å². The number of amides is 2. The monoisotopic (exact) mass is 527 g/mol. The fourth-order valence-corrected chi connectivity index (χ4v) is 5.82. The van der Waals surface area contributed by atoms with Crippen molar-refractivity contribution in [2.24, 2.45) is 5.92 Å². The standard InChI is InChI=1S/C29H38ClN3O4/c1-4-37-29(35)33-15-9-20(10-16-33)19-32-13-11-21(12-14-32)25-17-22(6-8-27(25)36-3)23-5-7-24(26(30)18-23)28(34)31-2/h5-8,17-18,20-21H,4,9-16,19H2,1-3H3,(H,31,34). The Kier molecular flexibility index (Phi) is 9.33. The maximum Gasteiger partial charge on any atom is 0.409 e.